The summed E-state index contributed by atoms with van der Waals surface area (Å²) in [6.45, 7) is 1.01. The lowest BCUT2D eigenvalue weighted by molar-refractivity contribution is 0.107. The molecule has 2 aromatic rings. The van der Waals surface area contributed by atoms with Crippen molar-refractivity contribution in [3.05, 3.63) is 51.7 Å². The summed E-state index contributed by atoms with van der Waals surface area (Å²) in [4.78, 5) is 11.9. The number of thiophene rings is 1. The van der Waals surface area contributed by atoms with Gasteiger partial charge in [-0.2, -0.15) is 0 Å². The number of hydrogen-bond acceptors (Lipinski definition) is 4. The van der Waals surface area contributed by atoms with Crippen LogP contribution in [0.4, 0.5) is 0 Å². The monoisotopic (exact) mass is 262 g/mol. The molecule has 1 aromatic carbocycles. The Bertz CT molecular complexity index is 506. The van der Waals surface area contributed by atoms with Crippen molar-refractivity contribution in [3.63, 3.8) is 0 Å². The zero-order chi connectivity index (χ0) is 12.8. The molecular weight excluding hydrogens is 248 g/mol. The third kappa shape index (κ3) is 3.18. The average Bonchev–Trinajstić information content (AvgIpc) is 2.92. The van der Waals surface area contributed by atoms with Crippen molar-refractivity contribution in [2.75, 3.05) is 7.11 Å². The van der Waals surface area contributed by atoms with Crippen LogP contribution in [0.5, 0.6) is 5.75 Å². The first-order valence-electron chi connectivity index (χ1n) is 5.55. The Morgan fingerprint density at radius 3 is 2.83 bits per heavy atom. The van der Waals surface area contributed by atoms with E-state index in [9.17, 15) is 4.79 Å². The molecule has 0 bridgehead atoms. The van der Waals surface area contributed by atoms with E-state index >= 15 is 0 Å². The molecule has 94 valence electrons. The number of benzene rings is 1. The topological polar surface area (TPSA) is 35.5 Å². The maximum atomic E-state index is 10.7. The molecule has 0 saturated carbocycles. The Morgan fingerprint density at radius 1 is 1.28 bits per heavy atom. The van der Waals surface area contributed by atoms with E-state index in [1.54, 1.807) is 36.6 Å². The third-order valence-corrected chi connectivity index (χ3v) is 3.37. The molecule has 1 aromatic heterocycles. The lowest BCUT2D eigenvalue weighted by atomic mass is 10.1. The molecule has 2 rings (SSSR count). The number of ether oxygens (including phenoxy) is 2. The summed E-state index contributed by atoms with van der Waals surface area (Å²) >= 11 is 1.66. The van der Waals surface area contributed by atoms with Gasteiger partial charge in [0, 0.05) is 16.0 Å². The van der Waals surface area contributed by atoms with Gasteiger partial charge in [0.1, 0.15) is 12.0 Å². The standard InChI is InChI=1S/C14H14O3S/c1-16-14-5-4-11(8-15)7-12(14)9-17-10-13-3-2-6-18-13/h2-8H,9-10H2,1H3. The minimum atomic E-state index is 0.433. The molecule has 0 aliphatic carbocycles. The smallest absolute Gasteiger partial charge is 0.150 e. The van der Waals surface area contributed by atoms with Gasteiger partial charge in [-0.15, -0.1) is 11.3 Å². The van der Waals surface area contributed by atoms with Crippen LogP contribution in [0, 0.1) is 0 Å². The molecular formula is C14H14O3S. The number of rotatable bonds is 6. The molecule has 0 saturated heterocycles. The van der Waals surface area contributed by atoms with E-state index in [0.717, 1.165) is 17.6 Å². The second kappa shape index (κ2) is 6.33. The minimum Gasteiger partial charge on any atom is -0.496 e. The molecule has 0 unspecified atom stereocenters. The van der Waals surface area contributed by atoms with Gasteiger partial charge in [-0.05, 0) is 29.6 Å². The first-order valence-corrected chi connectivity index (χ1v) is 6.43. The molecule has 0 radical (unpaired) electrons. The van der Waals surface area contributed by atoms with E-state index in [1.807, 2.05) is 17.5 Å². The number of carbonyl (C=O) groups is 1. The summed E-state index contributed by atoms with van der Waals surface area (Å²) in [5.41, 5.74) is 1.52. The van der Waals surface area contributed by atoms with E-state index in [1.165, 1.54) is 4.88 Å². The van der Waals surface area contributed by atoms with E-state index in [2.05, 4.69) is 0 Å². The SMILES string of the molecule is COc1ccc(C=O)cc1COCc1cccs1. The van der Waals surface area contributed by atoms with Crippen molar-refractivity contribution in [1.82, 2.24) is 0 Å². The van der Waals surface area contributed by atoms with Crippen LogP contribution in [-0.2, 0) is 18.0 Å². The van der Waals surface area contributed by atoms with Crippen LogP contribution in [0.2, 0.25) is 0 Å². The molecule has 0 N–H and O–H groups in total. The maximum Gasteiger partial charge on any atom is 0.150 e. The molecule has 0 fully saturated rings. The predicted molar refractivity (Wildman–Crippen MR) is 71.2 cm³/mol. The summed E-state index contributed by atoms with van der Waals surface area (Å²) in [5, 5.41) is 2.02. The summed E-state index contributed by atoms with van der Waals surface area (Å²) in [6, 6.07) is 9.34. The number of carbonyl (C=O) groups excluding carboxylic acids is 1. The van der Waals surface area contributed by atoms with Gasteiger partial charge in [-0.25, -0.2) is 0 Å². The molecule has 0 spiro atoms. The van der Waals surface area contributed by atoms with E-state index < -0.39 is 0 Å². The van der Waals surface area contributed by atoms with Gasteiger partial charge < -0.3 is 9.47 Å². The fraction of sp³-hybridized carbons (Fsp3) is 0.214. The Morgan fingerprint density at radius 2 is 2.17 bits per heavy atom. The van der Waals surface area contributed by atoms with Crippen molar-refractivity contribution < 1.29 is 14.3 Å². The van der Waals surface area contributed by atoms with Crippen LogP contribution in [0.3, 0.4) is 0 Å². The van der Waals surface area contributed by atoms with Gasteiger partial charge in [-0.3, -0.25) is 4.79 Å². The summed E-state index contributed by atoms with van der Waals surface area (Å²) in [7, 11) is 1.61. The van der Waals surface area contributed by atoms with Crippen molar-refractivity contribution in [2.45, 2.75) is 13.2 Å². The maximum absolute atomic E-state index is 10.7. The second-order valence-corrected chi connectivity index (χ2v) is 4.79. The third-order valence-electron chi connectivity index (χ3n) is 2.52. The molecule has 3 nitrogen and oxygen atoms in total. The second-order valence-electron chi connectivity index (χ2n) is 3.76. The highest BCUT2D eigenvalue weighted by Crippen LogP contribution is 2.21. The molecule has 18 heavy (non-hydrogen) atoms. The number of aldehydes is 1. The van der Waals surface area contributed by atoms with Gasteiger partial charge >= 0.3 is 0 Å². The normalized spacial score (nSPS) is 10.3. The first kappa shape index (κ1) is 12.8. The van der Waals surface area contributed by atoms with Crippen molar-refractivity contribution >= 4 is 17.6 Å². The van der Waals surface area contributed by atoms with Gasteiger partial charge in [0.15, 0.2) is 0 Å². The largest absolute Gasteiger partial charge is 0.496 e. The van der Waals surface area contributed by atoms with Crippen LogP contribution in [0.15, 0.2) is 35.7 Å². The highest BCUT2D eigenvalue weighted by Gasteiger charge is 2.05. The van der Waals surface area contributed by atoms with Crippen molar-refractivity contribution in [3.8, 4) is 5.75 Å². The van der Waals surface area contributed by atoms with Crippen molar-refractivity contribution in [2.24, 2.45) is 0 Å². The molecule has 0 aliphatic heterocycles. The quantitative estimate of drug-likeness (QED) is 0.749. The van der Waals surface area contributed by atoms with Gasteiger partial charge in [-0.1, -0.05) is 6.07 Å². The highest BCUT2D eigenvalue weighted by molar-refractivity contribution is 7.09. The average molecular weight is 262 g/mol. The molecule has 0 amide bonds. The van der Waals surface area contributed by atoms with E-state index in [0.29, 0.717) is 18.8 Å². The number of methoxy groups -OCH3 is 1. The Kier molecular flexibility index (Phi) is 4.50. The van der Waals surface area contributed by atoms with Gasteiger partial charge in [0.2, 0.25) is 0 Å². The number of hydrogen-bond donors (Lipinski definition) is 0. The minimum absolute atomic E-state index is 0.433. The van der Waals surface area contributed by atoms with Crippen LogP contribution >= 0.6 is 11.3 Å². The Labute approximate surface area is 110 Å². The zero-order valence-electron chi connectivity index (χ0n) is 10.1. The highest BCUT2D eigenvalue weighted by atomic mass is 32.1. The molecule has 4 heteroatoms. The predicted octanol–water partition coefficient (Wildman–Crippen LogP) is 3.29. The van der Waals surface area contributed by atoms with Crippen LogP contribution in [0.25, 0.3) is 0 Å². The van der Waals surface area contributed by atoms with Crippen LogP contribution in [-0.4, -0.2) is 13.4 Å². The zero-order valence-corrected chi connectivity index (χ0v) is 10.9. The van der Waals surface area contributed by atoms with Gasteiger partial charge in [0.25, 0.3) is 0 Å². The Hall–Kier alpha value is -1.65. The molecule has 0 aliphatic rings. The first-order chi connectivity index (χ1) is 8.83. The molecule has 1 heterocycles. The van der Waals surface area contributed by atoms with Gasteiger partial charge in [0.05, 0.1) is 20.3 Å². The van der Waals surface area contributed by atoms with E-state index in [4.69, 9.17) is 9.47 Å². The van der Waals surface area contributed by atoms with Crippen LogP contribution < -0.4 is 4.74 Å². The van der Waals surface area contributed by atoms with E-state index in [-0.39, 0.29) is 0 Å². The fourth-order valence-corrected chi connectivity index (χ4v) is 2.28. The summed E-state index contributed by atoms with van der Waals surface area (Å²) in [5.74, 6) is 0.742. The van der Waals surface area contributed by atoms with Crippen LogP contribution in [0.1, 0.15) is 20.8 Å². The summed E-state index contributed by atoms with van der Waals surface area (Å²) < 4.78 is 10.9. The lowest BCUT2D eigenvalue weighted by Gasteiger charge is -2.09. The lowest BCUT2D eigenvalue weighted by Crippen LogP contribution is -1.97. The Balaban J connectivity index is 2.00. The van der Waals surface area contributed by atoms with Crippen molar-refractivity contribution in [1.29, 1.82) is 0 Å². The summed E-state index contributed by atoms with van der Waals surface area (Å²) in [6.07, 6.45) is 0.822. The molecule has 0 atom stereocenters. The fourth-order valence-electron chi connectivity index (χ4n) is 1.64.